The van der Waals surface area contributed by atoms with Crippen molar-refractivity contribution in [1.82, 2.24) is 0 Å². The lowest BCUT2D eigenvalue weighted by atomic mass is 10.2. The first-order valence-electron chi connectivity index (χ1n) is 6.76. The SMILES string of the molecule is CC(=O)N(CC(=O)Nc1ccc(F)cc1F)c1c(Cl)cccc1Cl. The van der Waals surface area contributed by atoms with Crippen molar-refractivity contribution in [3.8, 4) is 0 Å². The van der Waals surface area contributed by atoms with Gasteiger partial charge in [-0.3, -0.25) is 9.59 Å². The molecule has 1 N–H and O–H groups in total. The zero-order chi connectivity index (χ0) is 17.9. The quantitative estimate of drug-likeness (QED) is 0.871. The molecule has 2 rings (SSSR count). The summed E-state index contributed by atoms with van der Waals surface area (Å²) in [4.78, 5) is 25.0. The molecule has 2 aromatic rings. The molecule has 0 atom stereocenters. The van der Waals surface area contributed by atoms with Crippen molar-refractivity contribution in [3.63, 3.8) is 0 Å². The number of benzene rings is 2. The van der Waals surface area contributed by atoms with Crippen LogP contribution in [0.15, 0.2) is 36.4 Å². The van der Waals surface area contributed by atoms with Gasteiger partial charge in [0.15, 0.2) is 0 Å². The Morgan fingerprint density at radius 3 is 2.29 bits per heavy atom. The van der Waals surface area contributed by atoms with Crippen LogP contribution < -0.4 is 10.2 Å². The number of amides is 2. The van der Waals surface area contributed by atoms with Gasteiger partial charge in [-0.25, -0.2) is 8.78 Å². The summed E-state index contributed by atoms with van der Waals surface area (Å²) in [5, 5.41) is 2.66. The summed E-state index contributed by atoms with van der Waals surface area (Å²) in [6, 6.07) is 7.38. The molecular formula is C16H12Cl2F2N2O2. The van der Waals surface area contributed by atoms with E-state index in [1.54, 1.807) is 6.07 Å². The number of anilines is 2. The van der Waals surface area contributed by atoms with E-state index in [0.717, 1.165) is 17.0 Å². The topological polar surface area (TPSA) is 49.4 Å². The summed E-state index contributed by atoms with van der Waals surface area (Å²) in [6.07, 6.45) is 0. The highest BCUT2D eigenvalue weighted by atomic mass is 35.5. The molecule has 2 aromatic carbocycles. The minimum atomic E-state index is -0.923. The maximum atomic E-state index is 13.6. The molecule has 0 heterocycles. The van der Waals surface area contributed by atoms with Crippen LogP contribution in [0.5, 0.6) is 0 Å². The first-order valence-corrected chi connectivity index (χ1v) is 7.52. The molecule has 0 saturated carbocycles. The van der Waals surface area contributed by atoms with Gasteiger partial charge in [-0.1, -0.05) is 29.3 Å². The third-order valence-electron chi connectivity index (χ3n) is 3.09. The molecule has 0 aliphatic carbocycles. The van der Waals surface area contributed by atoms with E-state index in [9.17, 15) is 18.4 Å². The van der Waals surface area contributed by atoms with Gasteiger partial charge in [-0.15, -0.1) is 0 Å². The minimum Gasteiger partial charge on any atom is -0.322 e. The molecular weight excluding hydrogens is 361 g/mol. The first-order chi connectivity index (χ1) is 11.3. The second kappa shape index (κ2) is 7.59. The van der Waals surface area contributed by atoms with E-state index in [2.05, 4.69) is 5.32 Å². The second-order valence-electron chi connectivity index (χ2n) is 4.85. The molecule has 4 nitrogen and oxygen atoms in total. The van der Waals surface area contributed by atoms with E-state index in [4.69, 9.17) is 23.2 Å². The number of nitrogens with zero attached hydrogens (tertiary/aromatic N) is 1. The van der Waals surface area contributed by atoms with Crippen LogP contribution >= 0.6 is 23.2 Å². The predicted molar refractivity (Wildman–Crippen MR) is 89.5 cm³/mol. The molecule has 126 valence electrons. The normalized spacial score (nSPS) is 10.4. The van der Waals surface area contributed by atoms with Gasteiger partial charge in [0.05, 0.1) is 21.4 Å². The van der Waals surface area contributed by atoms with Gasteiger partial charge in [-0.05, 0) is 24.3 Å². The van der Waals surface area contributed by atoms with Gasteiger partial charge in [-0.2, -0.15) is 0 Å². The van der Waals surface area contributed by atoms with Gasteiger partial charge in [0.1, 0.15) is 18.2 Å². The molecule has 0 unspecified atom stereocenters. The van der Waals surface area contributed by atoms with Gasteiger partial charge in [0.25, 0.3) is 0 Å². The van der Waals surface area contributed by atoms with E-state index < -0.39 is 30.0 Å². The van der Waals surface area contributed by atoms with Crippen LogP contribution in [0.2, 0.25) is 10.0 Å². The average molecular weight is 373 g/mol. The molecule has 0 aliphatic heterocycles. The van der Waals surface area contributed by atoms with E-state index in [1.807, 2.05) is 0 Å². The Labute approximate surface area is 147 Å². The van der Waals surface area contributed by atoms with Gasteiger partial charge in [0, 0.05) is 13.0 Å². The Morgan fingerprint density at radius 2 is 1.75 bits per heavy atom. The summed E-state index contributed by atoms with van der Waals surface area (Å²) in [7, 11) is 0. The van der Waals surface area contributed by atoms with Crippen LogP contribution in [0.3, 0.4) is 0 Å². The Hall–Kier alpha value is -2.18. The standard InChI is InChI=1S/C16H12Cl2F2N2O2/c1-9(23)22(16-11(17)3-2-4-12(16)18)8-15(24)21-14-6-5-10(19)7-13(14)20/h2-7H,8H2,1H3,(H,21,24). The summed E-state index contributed by atoms with van der Waals surface area (Å²) >= 11 is 12.1. The smallest absolute Gasteiger partial charge is 0.244 e. The lowest BCUT2D eigenvalue weighted by molar-refractivity contribution is -0.120. The van der Waals surface area contributed by atoms with Crippen molar-refractivity contribution >= 4 is 46.4 Å². The van der Waals surface area contributed by atoms with Gasteiger partial charge >= 0.3 is 0 Å². The number of hydrogen-bond donors (Lipinski definition) is 1. The second-order valence-corrected chi connectivity index (χ2v) is 5.66. The van der Waals surface area contributed by atoms with Crippen LogP contribution in [0.4, 0.5) is 20.2 Å². The third-order valence-corrected chi connectivity index (χ3v) is 3.70. The lowest BCUT2D eigenvalue weighted by Crippen LogP contribution is -2.37. The fraction of sp³-hybridized carbons (Fsp3) is 0.125. The summed E-state index contributed by atoms with van der Waals surface area (Å²) < 4.78 is 26.5. The summed E-state index contributed by atoms with van der Waals surface area (Å²) in [6.45, 7) is 0.807. The molecule has 0 fully saturated rings. The summed E-state index contributed by atoms with van der Waals surface area (Å²) in [5.41, 5.74) is -0.0155. The number of carbonyl (C=O) groups is 2. The monoisotopic (exact) mass is 372 g/mol. The van der Waals surface area contributed by atoms with Crippen molar-refractivity contribution in [2.24, 2.45) is 0 Å². The third kappa shape index (κ3) is 4.21. The number of nitrogens with one attached hydrogen (secondary N) is 1. The zero-order valence-corrected chi connectivity index (χ0v) is 14.0. The van der Waals surface area contributed by atoms with E-state index in [1.165, 1.54) is 19.1 Å². The molecule has 0 saturated heterocycles. The predicted octanol–water partition coefficient (Wildman–Crippen LogP) is 4.26. The Bertz CT molecular complexity index is 779. The number of hydrogen-bond acceptors (Lipinski definition) is 2. The van der Waals surface area contributed by atoms with Crippen LogP contribution in [0, 0.1) is 11.6 Å². The first kappa shape index (κ1) is 18.2. The highest BCUT2D eigenvalue weighted by Crippen LogP contribution is 2.33. The highest BCUT2D eigenvalue weighted by Gasteiger charge is 2.21. The van der Waals surface area contributed by atoms with Crippen molar-refractivity contribution in [3.05, 3.63) is 58.1 Å². The van der Waals surface area contributed by atoms with E-state index in [-0.39, 0.29) is 21.4 Å². The van der Waals surface area contributed by atoms with E-state index in [0.29, 0.717) is 6.07 Å². The zero-order valence-electron chi connectivity index (χ0n) is 12.4. The van der Waals surface area contributed by atoms with Gasteiger partial charge < -0.3 is 10.2 Å². The minimum absolute atomic E-state index is 0.183. The Balaban J connectivity index is 2.22. The van der Waals surface area contributed by atoms with E-state index >= 15 is 0 Å². The molecule has 8 heteroatoms. The number of rotatable bonds is 4. The molecule has 2 amide bonds. The maximum Gasteiger partial charge on any atom is 0.244 e. The molecule has 0 aliphatic rings. The lowest BCUT2D eigenvalue weighted by Gasteiger charge is -2.23. The Morgan fingerprint density at radius 1 is 1.12 bits per heavy atom. The van der Waals surface area contributed by atoms with Crippen molar-refractivity contribution in [1.29, 1.82) is 0 Å². The summed E-state index contributed by atoms with van der Waals surface area (Å²) in [5.74, 6) is -2.85. The molecule has 24 heavy (non-hydrogen) atoms. The van der Waals surface area contributed by atoms with Crippen LogP contribution in [-0.2, 0) is 9.59 Å². The molecule has 0 spiro atoms. The van der Waals surface area contributed by atoms with Crippen LogP contribution in [0.25, 0.3) is 0 Å². The highest BCUT2D eigenvalue weighted by molar-refractivity contribution is 6.40. The van der Waals surface area contributed by atoms with Crippen molar-refractivity contribution in [2.45, 2.75) is 6.92 Å². The van der Waals surface area contributed by atoms with Crippen molar-refractivity contribution in [2.75, 3.05) is 16.8 Å². The average Bonchev–Trinajstić information content (AvgIpc) is 2.48. The van der Waals surface area contributed by atoms with Crippen molar-refractivity contribution < 1.29 is 18.4 Å². The molecule has 0 bridgehead atoms. The fourth-order valence-electron chi connectivity index (χ4n) is 2.02. The number of carbonyl (C=O) groups excluding carboxylic acids is 2. The maximum absolute atomic E-state index is 13.6. The number of halogens is 4. The number of para-hydroxylation sites is 1. The largest absolute Gasteiger partial charge is 0.322 e. The van der Waals surface area contributed by atoms with Crippen LogP contribution in [-0.4, -0.2) is 18.4 Å². The fourth-order valence-corrected chi connectivity index (χ4v) is 2.62. The Kier molecular flexibility index (Phi) is 5.75. The van der Waals surface area contributed by atoms with Gasteiger partial charge in [0.2, 0.25) is 11.8 Å². The molecule has 0 radical (unpaired) electrons. The van der Waals surface area contributed by atoms with Crippen LogP contribution in [0.1, 0.15) is 6.92 Å². The molecule has 0 aromatic heterocycles.